The Morgan fingerprint density at radius 3 is 2.05 bits per heavy atom. The zero-order valence-electron chi connectivity index (χ0n) is 22.8. The van der Waals surface area contributed by atoms with E-state index in [9.17, 15) is 15.0 Å². The number of aliphatic hydroxyl groups excluding tert-OH is 2. The van der Waals surface area contributed by atoms with Crippen LogP contribution in [0.15, 0.2) is 91.3 Å². The van der Waals surface area contributed by atoms with Crippen molar-refractivity contribution in [3.05, 3.63) is 119 Å². The van der Waals surface area contributed by atoms with E-state index in [0.29, 0.717) is 29.7 Å². The number of rotatable bonds is 10. The lowest BCUT2D eigenvalue weighted by Gasteiger charge is -2.42. The summed E-state index contributed by atoms with van der Waals surface area (Å²) in [6, 6.07) is 28.0. The maximum atomic E-state index is 12.7. The van der Waals surface area contributed by atoms with E-state index >= 15 is 0 Å². The Kier molecular flexibility index (Phi) is 9.36. The van der Waals surface area contributed by atoms with E-state index in [2.05, 4.69) is 75.9 Å². The Morgan fingerprint density at radius 2 is 1.49 bits per heavy atom. The minimum absolute atomic E-state index is 0.0736. The van der Waals surface area contributed by atoms with Gasteiger partial charge in [-0.25, -0.2) is 9.78 Å². The van der Waals surface area contributed by atoms with Crippen molar-refractivity contribution in [2.75, 3.05) is 26.3 Å². The van der Waals surface area contributed by atoms with Crippen LogP contribution in [0.2, 0.25) is 5.02 Å². The average molecular weight is 575 g/mol. The van der Waals surface area contributed by atoms with Crippen LogP contribution in [0, 0.1) is 0 Å². The van der Waals surface area contributed by atoms with Crippen LogP contribution in [0.1, 0.15) is 35.2 Å². The monoisotopic (exact) mass is 574 g/mol. The quantitative estimate of drug-likeness (QED) is 0.256. The van der Waals surface area contributed by atoms with Gasteiger partial charge in [0.15, 0.2) is 0 Å². The van der Waals surface area contributed by atoms with Crippen molar-refractivity contribution >= 4 is 17.7 Å². The van der Waals surface area contributed by atoms with Gasteiger partial charge in [0.2, 0.25) is 5.88 Å². The SMILES string of the molecule is O=C(NC(CO)CO)Oc1c(CN2CCC(c3ccccc3)(c3ccccc3)CC2)ncn1Cc1ccc(Cl)cc1. The van der Waals surface area contributed by atoms with Gasteiger partial charge < -0.3 is 20.3 Å². The first kappa shape index (κ1) is 28.8. The van der Waals surface area contributed by atoms with Gasteiger partial charge in [-0.15, -0.1) is 0 Å². The van der Waals surface area contributed by atoms with E-state index < -0.39 is 25.3 Å². The van der Waals surface area contributed by atoms with Gasteiger partial charge in [-0.2, -0.15) is 0 Å². The fourth-order valence-electron chi connectivity index (χ4n) is 5.53. The van der Waals surface area contributed by atoms with E-state index in [-0.39, 0.29) is 5.41 Å². The number of nitrogens with one attached hydrogen (secondary N) is 1. The Balaban J connectivity index is 1.36. The van der Waals surface area contributed by atoms with E-state index in [1.807, 2.05) is 24.3 Å². The van der Waals surface area contributed by atoms with Gasteiger partial charge in [-0.3, -0.25) is 9.47 Å². The van der Waals surface area contributed by atoms with Gasteiger partial charge in [0.05, 0.1) is 32.1 Å². The highest BCUT2D eigenvalue weighted by Crippen LogP contribution is 2.42. The molecule has 8 nitrogen and oxygen atoms in total. The van der Waals surface area contributed by atoms with Gasteiger partial charge >= 0.3 is 6.09 Å². The number of hydrogen-bond acceptors (Lipinski definition) is 6. The number of likely N-dealkylation sites (tertiary alicyclic amines) is 1. The average Bonchev–Trinajstić information content (AvgIpc) is 3.38. The summed E-state index contributed by atoms with van der Waals surface area (Å²) < 4.78 is 7.53. The van der Waals surface area contributed by atoms with Crippen molar-refractivity contribution in [3.8, 4) is 5.88 Å². The number of benzene rings is 3. The lowest BCUT2D eigenvalue weighted by atomic mass is 9.68. The fourth-order valence-corrected chi connectivity index (χ4v) is 5.66. The number of aromatic nitrogens is 2. The molecule has 1 fully saturated rings. The lowest BCUT2D eigenvalue weighted by molar-refractivity contribution is 0.149. The largest absolute Gasteiger partial charge is 0.414 e. The van der Waals surface area contributed by atoms with E-state index in [4.69, 9.17) is 16.3 Å². The molecule has 214 valence electrons. The van der Waals surface area contributed by atoms with Gasteiger partial charge in [-0.05, 0) is 54.8 Å². The van der Waals surface area contributed by atoms with Gasteiger partial charge in [0.1, 0.15) is 5.69 Å². The number of nitrogens with zero attached hydrogens (tertiary/aromatic N) is 3. The third-order valence-corrected chi connectivity index (χ3v) is 8.07. The second-order valence-corrected chi connectivity index (χ2v) is 10.9. The van der Waals surface area contributed by atoms with Crippen LogP contribution in [0.25, 0.3) is 0 Å². The molecule has 0 spiro atoms. The fraction of sp³-hybridized carbons (Fsp3) is 0.312. The normalized spacial score (nSPS) is 15.1. The maximum absolute atomic E-state index is 12.7. The number of carbonyl (C=O) groups is 1. The molecule has 1 aliphatic rings. The molecule has 1 aromatic heterocycles. The maximum Gasteiger partial charge on any atom is 0.414 e. The molecule has 0 radical (unpaired) electrons. The summed E-state index contributed by atoms with van der Waals surface area (Å²) in [4.78, 5) is 19.7. The molecule has 1 aliphatic heterocycles. The summed E-state index contributed by atoms with van der Waals surface area (Å²) in [5.74, 6) is 0.329. The summed E-state index contributed by atoms with van der Waals surface area (Å²) in [6.45, 7) is 1.83. The zero-order chi connectivity index (χ0) is 28.7. The second-order valence-electron chi connectivity index (χ2n) is 10.4. The van der Waals surface area contributed by atoms with Crippen LogP contribution in [0.5, 0.6) is 5.88 Å². The number of ether oxygens (including phenoxy) is 1. The standard InChI is InChI=1S/C32H35ClN4O4/c33-27-13-11-24(12-14-27)19-37-23-34-29(30(37)41-31(40)35-28(21-38)22-39)20-36-17-15-32(16-18-36,25-7-3-1-4-8-25)26-9-5-2-6-10-26/h1-14,23,28,38-39H,15-22H2,(H,35,40). The number of aliphatic hydroxyl groups is 2. The van der Waals surface area contributed by atoms with E-state index in [1.165, 1.54) is 11.1 Å². The van der Waals surface area contributed by atoms with Crippen LogP contribution in [-0.4, -0.2) is 63.1 Å². The minimum atomic E-state index is -0.815. The highest BCUT2D eigenvalue weighted by molar-refractivity contribution is 6.30. The predicted molar refractivity (Wildman–Crippen MR) is 158 cm³/mol. The molecule has 0 unspecified atom stereocenters. The third kappa shape index (κ3) is 6.80. The van der Waals surface area contributed by atoms with Gasteiger partial charge in [0, 0.05) is 17.0 Å². The molecule has 5 rings (SSSR count). The number of piperidine rings is 1. The first-order chi connectivity index (χ1) is 20.0. The molecule has 0 saturated carbocycles. The van der Waals surface area contributed by atoms with Crippen LogP contribution >= 0.6 is 11.6 Å². The van der Waals surface area contributed by atoms with Gasteiger partial charge in [0.25, 0.3) is 0 Å². The predicted octanol–water partition coefficient (Wildman–Crippen LogP) is 4.61. The number of halogens is 1. The van der Waals surface area contributed by atoms with E-state index in [1.54, 1.807) is 10.9 Å². The molecule has 0 aliphatic carbocycles. The van der Waals surface area contributed by atoms with Crippen molar-refractivity contribution in [2.45, 2.75) is 37.4 Å². The Bertz CT molecular complexity index is 1360. The summed E-state index contributed by atoms with van der Waals surface area (Å²) >= 11 is 6.06. The molecule has 3 N–H and O–H groups in total. The molecule has 3 aromatic carbocycles. The summed E-state index contributed by atoms with van der Waals surface area (Å²) in [7, 11) is 0. The Hall–Kier alpha value is -3.69. The Morgan fingerprint density at radius 1 is 0.902 bits per heavy atom. The highest BCUT2D eigenvalue weighted by atomic mass is 35.5. The first-order valence-corrected chi connectivity index (χ1v) is 14.2. The van der Waals surface area contributed by atoms with E-state index in [0.717, 1.165) is 31.5 Å². The molecule has 9 heteroatoms. The smallest absolute Gasteiger partial charge is 0.394 e. The highest BCUT2D eigenvalue weighted by Gasteiger charge is 2.38. The van der Waals surface area contributed by atoms with Crippen molar-refractivity contribution in [2.24, 2.45) is 0 Å². The number of imidazole rings is 1. The molecular weight excluding hydrogens is 540 g/mol. The summed E-state index contributed by atoms with van der Waals surface area (Å²) in [5, 5.41) is 21.9. The number of hydrogen-bond donors (Lipinski definition) is 3. The molecular formula is C32H35ClN4O4. The van der Waals surface area contributed by atoms with Crippen molar-refractivity contribution in [1.82, 2.24) is 19.8 Å². The van der Waals surface area contributed by atoms with Crippen molar-refractivity contribution in [3.63, 3.8) is 0 Å². The molecule has 1 saturated heterocycles. The second kappa shape index (κ2) is 13.3. The molecule has 41 heavy (non-hydrogen) atoms. The first-order valence-electron chi connectivity index (χ1n) is 13.8. The van der Waals surface area contributed by atoms with Gasteiger partial charge in [-0.1, -0.05) is 84.4 Å². The number of amides is 1. The Labute approximate surface area is 245 Å². The van der Waals surface area contributed by atoms with Crippen molar-refractivity contribution < 1.29 is 19.7 Å². The zero-order valence-corrected chi connectivity index (χ0v) is 23.6. The summed E-state index contributed by atoms with van der Waals surface area (Å²) in [5.41, 5.74) is 4.18. The van der Waals surface area contributed by atoms with Crippen LogP contribution in [-0.2, 0) is 18.5 Å². The van der Waals surface area contributed by atoms with Crippen LogP contribution < -0.4 is 10.1 Å². The molecule has 2 heterocycles. The minimum Gasteiger partial charge on any atom is -0.394 e. The molecule has 0 atom stereocenters. The van der Waals surface area contributed by atoms with Crippen LogP contribution in [0.3, 0.4) is 0 Å². The lowest BCUT2D eigenvalue weighted by Crippen LogP contribution is -2.43. The molecule has 1 amide bonds. The topological polar surface area (TPSA) is 99.8 Å². The molecule has 4 aromatic rings. The van der Waals surface area contributed by atoms with Crippen LogP contribution in [0.4, 0.5) is 4.79 Å². The van der Waals surface area contributed by atoms with Crippen molar-refractivity contribution in [1.29, 1.82) is 0 Å². The third-order valence-electron chi connectivity index (χ3n) is 7.81. The summed E-state index contributed by atoms with van der Waals surface area (Å²) in [6.07, 6.45) is 2.79. The molecule has 0 bridgehead atoms. The number of carbonyl (C=O) groups excluding carboxylic acids is 1.